The molecule has 2 aliphatic carbocycles. The number of nitrogens with one attached hydrogen (secondary N) is 1. The number of hydrogen-bond donors (Lipinski definition) is 2. The molecule has 0 aliphatic heterocycles. The molecule has 1 aromatic rings. The van der Waals surface area contributed by atoms with Crippen molar-refractivity contribution in [2.45, 2.75) is 44.7 Å². The highest BCUT2D eigenvalue weighted by atomic mass is 35.5. The van der Waals surface area contributed by atoms with Crippen molar-refractivity contribution in [2.24, 2.45) is 23.5 Å². The number of methoxy groups -OCH3 is 3. The van der Waals surface area contributed by atoms with Crippen molar-refractivity contribution in [2.75, 3.05) is 21.3 Å². The molecule has 3 rings (SSSR count). The molecule has 0 saturated heterocycles. The van der Waals surface area contributed by atoms with E-state index in [4.69, 9.17) is 19.9 Å². The van der Waals surface area contributed by atoms with Gasteiger partial charge in [0.25, 0.3) is 0 Å². The molecule has 2 bridgehead atoms. The van der Waals surface area contributed by atoms with Gasteiger partial charge in [0.05, 0.1) is 21.3 Å². The van der Waals surface area contributed by atoms with Crippen molar-refractivity contribution in [3.63, 3.8) is 0 Å². The van der Waals surface area contributed by atoms with Crippen LogP contribution in [0.25, 0.3) is 0 Å². The Hall–Kier alpha value is -1.66. The fraction of sp³-hybridized carbons (Fsp3) is 0.650. The Morgan fingerprint density at radius 2 is 1.59 bits per heavy atom. The summed E-state index contributed by atoms with van der Waals surface area (Å²) in [4.78, 5) is 12.7. The standard InChI is InChI=1S/C20H30N2O4.ClH/c1-24-16-10-18(26-3)17(25-2)9-15(16)11-22-20(23)14-7-12-5-4-6-13(8-14)19(12)21;/h9-10,12-14,19H,4-8,11,21H2,1-3H3,(H,22,23);1H. The number of nitrogens with two attached hydrogens (primary N) is 1. The maximum atomic E-state index is 12.7. The van der Waals surface area contributed by atoms with E-state index in [0.717, 1.165) is 31.2 Å². The fourth-order valence-corrected chi connectivity index (χ4v) is 4.56. The van der Waals surface area contributed by atoms with Gasteiger partial charge < -0.3 is 25.3 Å². The van der Waals surface area contributed by atoms with Crippen LogP contribution in [0.5, 0.6) is 17.2 Å². The third-order valence-electron chi connectivity index (χ3n) is 6.02. The van der Waals surface area contributed by atoms with Crippen LogP contribution in [-0.4, -0.2) is 33.3 Å². The van der Waals surface area contributed by atoms with E-state index in [1.54, 1.807) is 27.4 Å². The summed E-state index contributed by atoms with van der Waals surface area (Å²) < 4.78 is 16.1. The van der Waals surface area contributed by atoms with Gasteiger partial charge in [0, 0.05) is 30.1 Å². The number of amides is 1. The molecule has 1 amide bonds. The Morgan fingerprint density at radius 3 is 2.15 bits per heavy atom. The van der Waals surface area contributed by atoms with Crippen molar-refractivity contribution >= 4 is 18.3 Å². The largest absolute Gasteiger partial charge is 0.496 e. The minimum atomic E-state index is 0. The number of fused-ring (bicyclic) bond motifs is 2. The van der Waals surface area contributed by atoms with Crippen molar-refractivity contribution in [1.29, 1.82) is 0 Å². The molecular weight excluding hydrogens is 368 g/mol. The summed E-state index contributed by atoms with van der Waals surface area (Å²) >= 11 is 0. The summed E-state index contributed by atoms with van der Waals surface area (Å²) in [5.41, 5.74) is 7.20. The number of ether oxygens (including phenoxy) is 3. The van der Waals surface area contributed by atoms with Gasteiger partial charge >= 0.3 is 0 Å². The summed E-state index contributed by atoms with van der Waals surface area (Å²) in [6.45, 7) is 0.403. The highest BCUT2D eigenvalue weighted by molar-refractivity contribution is 5.85. The summed E-state index contributed by atoms with van der Waals surface area (Å²) in [7, 11) is 4.79. The molecule has 2 unspecified atom stereocenters. The lowest BCUT2D eigenvalue weighted by molar-refractivity contribution is -0.128. The third-order valence-corrected chi connectivity index (χ3v) is 6.02. The van der Waals surface area contributed by atoms with Crippen molar-refractivity contribution in [3.05, 3.63) is 17.7 Å². The van der Waals surface area contributed by atoms with Crippen molar-refractivity contribution in [3.8, 4) is 17.2 Å². The van der Waals surface area contributed by atoms with Crippen molar-refractivity contribution < 1.29 is 19.0 Å². The monoisotopic (exact) mass is 398 g/mol. The first-order chi connectivity index (χ1) is 12.6. The molecule has 2 saturated carbocycles. The zero-order valence-electron chi connectivity index (χ0n) is 16.3. The summed E-state index contributed by atoms with van der Waals surface area (Å²) in [5, 5.41) is 3.08. The van der Waals surface area contributed by atoms with Gasteiger partial charge in [-0.15, -0.1) is 12.4 Å². The zero-order chi connectivity index (χ0) is 18.7. The molecule has 0 heterocycles. The van der Waals surface area contributed by atoms with E-state index in [2.05, 4.69) is 5.32 Å². The van der Waals surface area contributed by atoms with Crippen LogP contribution >= 0.6 is 12.4 Å². The van der Waals surface area contributed by atoms with Crippen LogP contribution in [0.2, 0.25) is 0 Å². The minimum Gasteiger partial charge on any atom is -0.496 e. The van der Waals surface area contributed by atoms with Gasteiger partial charge in [-0.2, -0.15) is 0 Å². The van der Waals surface area contributed by atoms with Crippen LogP contribution in [0.3, 0.4) is 0 Å². The Bertz CT molecular complexity index is 641. The van der Waals surface area contributed by atoms with Crippen LogP contribution in [0.15, 0.2) is 12.1 Å². The van der Waals surface area contributed by atoms with Gasteiger partial charge in [-0.1, -0.05) is 6.42 Å². The first-order valence-corrected chi connectivity index (χ1v) is 9.39. The number of benzene rings is 1. The summed E-state index contributed by atoms with van der Waals surface area (Å²) in [6.07, 6.45) is 5.38. The SMILES string of the molecule is COc1cc(OC)c(OC)cc1CNC(=O)C1CC2CCCC(C1)C2N.Cl. The molecule has 0 spiro atoms. The van der Waals surface area contributed by atoms with Crippen LogP contribution in [-0.2, 0) is 11.3 Å². The molecule has 152 valence electrons. The number of halogens is 1. The first-order valence-electron chi connectivity index (χ1n) is 9.39. The van der Waals surface area contributed by atoms with E-state index in [9.17, 15) is 4.79 Å². The maximum absolute atomic E-state index is 12.7. The maximum Gasteiger partial charge on any atom is 0.223 e. The number of hydrogen-bond acceptors (Lipinski definition) is 5. The molecule has 0 radical (unpaired) electrons. The van der Waals surface area contributed by atoms with Crippen molar-refractivity contribution in [1.82, 2.24) is 5.32 Å². The minimum absolute atomic E-state index is 0. The highest BCUT2D eigenvalue weighted by Crippen LogP contribution is 2.42. The molecule has 2 fully saturated rings. The van der Waals surface area contributed by atoms with E-state index in [1.165, 1.54) is 6.42 Å². The Labute approximate surface area is 167 Å². The molecule has 2 atom stereocenters. The Morgan fingerprint density at radius 1 is 1.04 bits per heavy atom. The van der Waals surface area contributed by atoms with Gasteiger partial charge in [0.1, 0.15) is 5.75 Å². The van der Waals surface area contributed by atoms with Gasteiger partial charge in [0.2, 0.25) is 5.91 Å². The average Bonchev–Trinajstić information content (AvgIpc) is 2.65. The lowest BCUT2D eigenvalue weighted by Crippen LogP contribution is -2.49. The molecule has 2 aliphatic rings. The van der Waals surface area contributed by atoms with E-state index in [-0.39, 0.29) is 30.3 Å². The quantitative estimate of drug-likeness (QED) is 0.769. The van der Waals surface area contributed by atoms with E-state index in [1.807, 2.05) is 6.07 Å². The Balaban J connectivity index is 0.00000261. The first kappa shape index (κ1) is 21.6. The lowest BCUT2D eigenvalue weighted by atomic mass is 9.65. The highest BCUT2D eigenvalue weighted by Gasteiger charge is 2.40. The molecule has 3 N–H and O–H groups in total. The van der Waals surface area contributed by atoms with Crippen LogP contribution in [0.4, 0.5) is 0 Å². The van der Waals surface area contributed by atoms with Gasteiger partial charge in [-0.25, -0.2) is 0 Å². The number of carbonyl (C=O) groups excluding carboxylic acids is 1. The third kappa shape index (κ3) is 4.61. The molecular formula is C20H31ClN2O4. The lowest BCUT2D eigenvalue weighted by Gasteiger charge is -2.43. The molecule has 1 aromatic carbocycles. The predicted octanol–water partition coefficient (Wildman–Crippen LogP) is 2.90. The topological polar surface area (TPSA) is 82.8 Å². The smallest absolute Gasteiger partial charge is 0.223 e. The predicted molar refractivity (Wildman–Crippen MR) is 107 cm³/mol. The van der Waals surface area contributed by atoms with E-state index >= 15 is 0 Å². The normalized spacial score (nSPS) is 26.5. The number of rotatable bonds is 6. The molecule has 7 heteroatoms. The molecule has 6 nitrogen and oxygen atoms in total. The second-order valence-electron chi connectivity index (χ2n) is 7.43. The van der Waals surface area contributed by atoms with E-state index < -0.39 is 0 Å². The molecule has 0 aromatic heterocycles. The number of carbonyl (C=O) groups is 1. The van der Waals surface area contributed by atoms with Crippen LogP contribution < -0.4 is 25.3 Å². The van der Waals surface area contributed by atoms with E-state index in [0.29, 0.717) is 35.6 Å². The van der Waals surface area contributed by atoms with Gasteiger partial charge in [0.15, 0.2) is 11.5 Å². The zero-order valence-corrected chi connectivity index (χ0v) is 17.1. The average molecular weight is 399 g/mol. The summed E-state index contributed by atoms with van der Waals surface area (Å²) in [6, 6.07) is 3.91. The Kier molecular flexibility index (Phi) is 7.62. The summed E-state index contributed by atoms with van der Waals surface area (Å²) in [5.74, 6) is 3.07. The second-order valence-corrected chi connectivity index (χ2v) is 7.43. The molecule has 27 heavy (non-hydrogen) atoms. The van der Waals surface area contributed by atoms with Gasteiger partial charge in [-0.3, -0.25) is 4.79 Å². The van der Waals surface area contributed by atoms with Crippen LogP contribution in [0, 0.1) is 17.8 Å². The fourth-order valence-electron chi connectivity index (χ4n) is 4.56. The van der Waals surface area contributed by atoms with Gasteiger partial charge in [-0.05, 0) is 43.6 Å². The van der Waals surface area contributed by atoms with Crippen LogP contribution in [0.1, 0.15) is 37.7 Å². The second kappa shape index (κ2) is 9.51.